The first-order valence-corrected chi connectivity index (χ1v) is 8.52. The van der Waals surface area contributed by atoms with E-state index in [1.165, 1.54) is 0 Å². The van der Waals surface area contributed by atoms with Gasteiger partial charge < -0.3 is 16.6 Å². The fraction of sp³-hybridized carbons (Fsp3) is 0.353. The van der Waals surface area contributed by atoms with Gasteiger partial charge in [-0.3, -0.25) is 9.36 Å². The van der Waals surface area contributed by atoms with Gasteiger partial charge in [-0.2, -0.15) is 0 Å². The third kappa shape index (κ3) is 2.42. The molecule has 2 heterocycles. The highest BCUT2D eigenvalue weighted by molar-refractivity contribution is 6.27. The topological polar surface area (TPSA) is 120 Å². The zero-order valence-electron chi connectivity index (χ0n) is 13.6. The quantitative estimate of drug-likeness (QED) is 0.721. The summed E-state index contributed by atoms with van der Waals surface area (Å²) in [6.07, 6.45) is 6.34. The molecule has 1 saturated carbocycles. The van der Waals surface area contributed by atoms with E-state index in [0.29, 0.717) is 22.8 Å². The summed E-state index contributed by atoms with van der Waals surface area (Å²) in [6.45, 7) is 1.86. The van der Waals surface area contributed by atoms with Gasteiger partial charge in [0.1, 0.15) is 22.3 Å². The maximum Gasteiger partial charge on any atom is 0.254 e. The number of rotatable bonds is 3. The number of carbonyl (C=O) groups is 1. The molecule has 2 aromatic rings. The Labute approximate surface area is 149 Å². The lowest BCUT2D eigenvalue weighted by atomic mass is 10.0. The van der Waals surface area contributed by atoms with E-state index < -0.39 is 17.4 Å². The number of fused-ring (bicyclic) bond motifs is 1. The van der Waals surface area contributed by atoms with Crippen LogP contribution in [0.3, 0.4) is 0 Å². The Morgan fingerprint density at radius 3 is 2.80 bits per heavy atom. The summed E-state index contributed by atoms with van der Waals surface area (Å²) < 4.78 is 1.58. The van der Waals surface area contributed by atoms with Crippen LogP contribution in [0.1, 0.15) is 41.7 Å². The van der Waals surface area contributed by atoms with Crippen LogP contribution in [0, 0.1) is 0 Å². The largest absolute Gasteiger partial charge is 0.387 e. The Kier molecular flexibility index (Phi) is 3.59. The number of alkyl halides is 1. The van der Waals surface area contributed by atoms with Crippen molar-refractivity contribution in [1.29, 1.82) is 0 Å². The molecular formula is C17H18ClN5O2. The van der Waals surface area contributed by atoms with E-state index in [-0.39, 0.29) is 11.4 Å². The van der Waals surface area contributed by atoms with E-state index in [9.17, 15) is 9.90 Å². The molecule has 4 rings (SSSR count). The van der Waals surface area contributed by atoms with Crippen molar-refractivity contribution in [1.82, 2.24) is 14.5 Å². The number of halogens is 1. The Balaban J connectivity index is 2.03. The summed E-state index contributed by atoms with van der Waals surface area (Å²) in [7, 11) is 0. The molecule has 0 bridgehead atoms. The van der Waals surface area contributed by atoms with Crippen LogP contribution >= 0.6 is 11.6 Å². The normalized spacial score (nSPS) is 23.5. The lowest BCUT2D eigenvalue weighted by Crippen LogP contribution is -2.27. The van der Waals surface area contributed by atoms with Gasteiger partial charge in [-0.25, -0.2) is 9.97 Å². The van der Waals surface area contributed by atoms with Crippen molar-refractivity contribution < 1.29 is 9.90 Å². The fourth-order valence-electron chi connectivity index (χ4n) is 3.24. The number of anilines is 1. The molecule has 0 radical (unpaired) electrons. The van der Waals surface area contributed by atoms with E-state index in [4.69, 9.17) is 23.1 Å². The van der Waals surface area contributed by atoms with Gasteiger partial charge in [0.05, 0.1) is 18.0 Å². The maximum atomic E-state index is 12.0. The van der Waals surface area contributed by atoms with Crippen LogP contribution in [-0.4, -0.2) is 37.0 Å². The second-order valence-electron chi connectivity index (χ2n) is 6.52. The van der Waals surface area contributed by atoms with E-state index in [1.54, 1.807) is 22.9 Å². The van der Waals surface area contributed by atoms with Crippen molar-refractivity contribution in [3.05, 3.63) is 35.2 Å². The van der Waals surface area contributed by atoms with Crippen molar-refractivity contribution in [2.75, 3.05) is 5.73 Å². The molecule has 8 heteroatoms. The summed E-state index contributed by atoms with van der Waals surface area (Å²) >= 11 is 6.42. The summed E-state index contributed by atoms with van der Waals surface area (Å²) in [5.74, 6) is -0.152. The predicted molar refractivity (Wildman–Crippen MR) is 96.1 cm³/mol. The van der Waals surface area contributed by atoms with Crippen molar-refractivity contribution in [3.8, 4) is 0 Å². The third-order valence-electron chi connectivity index (χ3n) is 4.71. The molecule has 7 nitrogen and oxygen atoms in total. The van der Waals surface area contributed by atoms with Crippen LogP contribution in [0.4, 0.5) is 5.82 Å². The zero-order valence-corrected chi connectivity index (χ0v) is 14.4. The molecule has 0 spiro atoms. The monoisotopic (exact) mass is 359 g/mol. The average molecular weight is 360 g/mol. The maximum absolute atomic E-state index is 12.0. The van der Waals surface area contributed by atoms with E-state index >= 15 is 0 Å². The minimum Gasteiger partial charge on any atom is -0.387 e. The summed E-state index contributed by atoms with van der Waals surface area (Å²) in [5, 5.41) is 9.37. The Bertz CT molecular complexity index is 958. The third-order valence-corrected chi connectivity index (χ3v) is 5.17. The molecule has 0 saturated heterocycles. The number of aromatic nitrogens is 3. The van der Waals surface area contributed by atoms with Crippen LogP contribution in [0.15, 0.2) is 23.9 Å². The zero-order chi connectivity index (χ0) is 17.9. The Hall–Kier alpha value is -2.38. The van der Waals surface area contributed by atoms with Gasteiger partial charge >= 0.3 is 0 Å². The number of allylic oxidation sites excluding steroid dienone is 2. The molecule has 2 atom stereocenters. The summed E-state index contributed by atoms with van der Waals surface area (Å²) in [5.41, 5.74) is 14.9. The number of hydrogen-bond donors (Lipinski definition) is 3. The number of aliphatic hydroxyl groups is 1. The number of carbonyl (C=O) groups excluding carboxylic acids is 1. The number of amides is 1. The van der Waals surface area contributed by atoms with Crippen molar-refractivity contribution >= 4 is 40.2 Å². The molecule has 5 N–H and O–H groups in total. The molecule has 2 aliphatic rings. The number of nitrogen functional groups attached to an aromatic ring is 1. The lowest BCUT2D eigenvalue weighted by Gasteiger charge is -2.25. The number of nitrogens with two attached hydrogens (primary N) is 2. The first kappa shape index (κ1) is 16.1. The van der Waals surface area contributed by atoms with E-state index in [1.807, 2.05) is 6.92 Å². The first-order chi connectivity index (χ1) is 11.9. The number of hydrogen-bond acceptors (Lipinski definition) is 5. The number of nitrogens with zero attached hydrogens (tertiary/aromatic N) is 3. The predicted octanol–water partition coefficient (Wildman–Crippen LogP) is 1.76. The van der Waals surface area contributed by atoms with Gasteiger partial charge in [0, 0.05) is 11.6 Å². The van der Waals surface area contributed by atoms with Crippen LogP contribution in [0.2, 0.25) is 0 Å². The highest BCUT2D eigenvalue weighted by atomic mass is 35.5. The van der Waals surface area contributed by atoms with Crippen LogP contribution in [0.25, 0.3) is 16.9 Å². The molecule has 25 heavy (non-hydrogen) atoms. The van der Waals surface area contributed by atoms with Crippen LogP contribution in [0.5, 0.6) is 0 Å². The summed E-state index contributed by atoms with van der Waals surface area (Å²) in [4.78, 5) is 21.1. The second kappa shape index (κ2) is 5.57. The van der Waals surface area contributed by atoms with Crippen LogP contribution in [-0.2, 0) is 0 Å². The lowest BCUT2D eigenvalue weighted by molar-refractivity contribution is 0.100. The smallest absolute Gasteiger partial charge is 0.254 e. The summed E-state index contributed by atoms with van der Waals surface area (Å²) in [6, 6.07) is 0. The first-order valence-electron chi connectivity index (χ1n) is 8.08. The van der Waals surface area contributed by atoms with Gasteiger partial charge in [-0.15, -0.1) is 11.6 Å². The van der Waals surface area contributed by atoms with Gasteiger partial charge in [0.25, 0.3) is 5.91 Å². The molecule has 130 valence electrons. The van der Waals surface area contributed by atoms with E-state index in [2.05, 4.69) is 9.97 Å². The fourth-order valence-corrected chi connectivity index (χ4v) is 3.60. The molecule has 0 aliphatic heterocycles. The molecule has 0 aromatic carbocycles. The molecule has 1 amide bonds. The van der Waals surface area contributed by atoms with Gasteiger partial charge in [0.2, 0.25) is 0 Å². The minimum atomic E-state index is -0.868. The molecular weight excluding hydrogens is 342 g/mol. The average Bonchev–Trinajstić information content (AvgIpc) is 3.36. The van der Waals surface area contributed by atoms with Gasteiger partial charge in [-0.05, 0) is 25.3 Å². The van der Waals surface area contributed by atoms with Crippen LogP contribution < -0.4 is 11.5 Å². The Morgan fingerprint density at radius 2 is 2.16 bits per heavy atom. The van der Waals surface area contributed by atoms with Crippen molar-refractivity contribution in [3.63, 3.8) is 0 Å². The highest BCUT2D eigenvalue weighted by Crippen LogP contribution is 2.41. The van der Waals surface area contributed by atoms with E-state index in [0.717, 1.165) is 24.1 Å². The van der Waals surface area contributed by atoms with Crippen molar-refractivity contribution in [2.24, 2.45) is 5.73 Å². The minimum absolute atomic E-state index is 0.137. The molecule has 2 aliphatic carbocycles. The molecule has 0 unspecified atom stereocenters. The molecule has 2 aromatic heterocycles. The van der Waals surface area contributed by atoms with Gasteiger partial charge in [0.15, 0.2) is 5.65 Å². The highest BCUT2D eigenvalue weighted by Gasteiger charge is 2.32. The van der Waals surface area contributed by atoms with Crippen molar-refractivity contribution in [2.45, 2.75) is 37.2 Å². The van der Waals surface area contributed by atoms with Gasteiger partial charge in [-0.1, -0.05) is 12.2 Å². The number of aliphatic hydroxyl groups excluding tert-OH is 1. The number of primary amides is 1. The standard InChI is InChI=1S/C17H18ClN5O2/c1-7-2-5-10(24)12(18)14(7)23-15(19)11(16(20)25)13-17(23)21-6-9(22-13)8-3-4-8/h2,5-6,8,10,12,24H,3-4,19H2,1H3,(H2,20,25)/t10-,12-/m1/s1. The molecule has 1 fully saturated rings. The second-order valence-corrected chi connectivity index (χ2v) is 6.99. The SMILES string of the molecule is CC1=C(n2c(N)c(C(N)=O)c3nc(C4CC4)cnc32)[C@H](Cl)[C@H](O)C=C1. The Morgan fingerprint density at radius 1 is 1.44 bits per heavy atom.